The van der Waals surface area contributed by atoms with Crippen molar-refractivity contribution in [2.75, 3.05) is 0 Å². The van der Waals surface area contributed by atoms with Gasteiger partial charge in [0.1, 0.15) is 12.4 Å². The predicted molar refractivity (Wildman–Crippen MR) is 67.4 cm³/mol. The fraction of sp³-hybridized carbons (Fsp3) is 0.0769. The van der Waals surface area contributed by atoms with E-state index in [1.807, 2.05) is 18.2 Å². The molecule has 2 rings (SSSR count). The Morgan fingerprint density at radius 2 is 2.24 bits per heavy atom. The summed E-state index contributed by atoms with van der Waals surface area (Å²) in [6, 6.07) is 11.2. The van der Waals surface area contributed by atoms with Crippen LogP contribution in [0, 0.1) is 11.3 Å². The molecule has 84 valence electrons. The van der Waals surface area contributed by atoms with E-state index in [0.29, 0.717) is 17.9 Å². The van der Waals surface area contributed by atoms with Crippen LogP contribution in [0.15, 0.2) is 47.2 Å². The Balaban J connectivity index is 2.10. The minimum absolute atomic E-state index is 0.440. The summed E-state index contributed by atoms with van der Waals surface area (Å²) in [6.45, 7) is 0.440. The van der Waals surface area contributed by atoms with Gasteiger partial charge in [0.15, 0.2) is 0 Å². The average Bonchev–Trinajstić information content (AvgIpc) is 2.37. The van der Waals surface area contributed by atoms with Crippen LogP contribution in [0.4, 0.5) is 0 Å². The molecular weight excluding hydrogens is 280 g/mol. The van der Waals surface area contributed by atoms with Gasteiger partial charge in [0.05, 0.1) is 11.6 Å². The maximum Gasteiger partial charge on any atom is 0.122 e. The van der Waals surface area contributed by atoms with E-state index >= 15 is 0 Å². The lowest BCUT2D eigenvalue weighted by molar-refractivity contribution is 0.305. The van der Waals surface area contributed by atoms with Gasteiger partial charge < -0.3 is 4.74 Å². The summed E-state index contributed by atoms with van der Waals surface area (Å²) < 4.78 is 6.43. The third kappa shape index (κ3) is 3.30. The van der Waals surface area contributed by atoms with Crippen LogP contribution in [0.5, 0.6) is 5.75 Å². The highest BCUT2D eigenvalue weighted by atomic mass is 79.9. The minimum atomic E-state index is 0.440. The Hall–Kier alpha value is -1.86. The predicted octanol–water partition coefficient (Wildman–Crippen LogP) is 3.29. The zero-order valence-electron chi connectivity index (χ0n) is 8.93. The van der Waals surface area contributed by atoms with Crippen LogP contribution in [0.1, 0.15) is 11.1 Å². The normalized spacial score (nSPS) is 9.65. The van der Waals surface area contributed by atoms with Crippen LogP contribution in [-0.2, 0) is 6.61 Å². The molecule has 0 saturated carbocycles. The molecule has 1 heterocycles. The van der Waals surface area contributed by atoms with E-state index in [1.165, 1.54) is 0 Å². The van der Waals surface area contributed by atoms with Crippen molar-refractivity contribution in [3.05, 3.63) is 58.3 Å². The molecular formula is C13H9BrN2O. The van der Waals surface area contributed by atoms with E-state index in [0.717, 1.165) is 10.0 Å². The Kier molecular flexibility index (Phi) is 3.73. The van der Waals surface area contributed by atoms with Gasteiger partial charge in [0.2, 0.25) is 0 Å². The monoisotopic (exact) mass is 288 g/mol. The van der Waals surface area contributed by atoms with Crippen LogP contribution < -0.4 is 4.74 Å². The Morgan fingerprint density at radius 3 is 2.94 bits per heavy atom. The molecule has 0 amide bonds. The molecule has 0 aliphatic carbocycles. The van der Waals surface area contributed by atoms with Gasteiger partial charge in [-0.15, -0.1) is 0 Å². The topological polar surface area (TPSA) is 45.9 Å². The van der Waals surface area contributed by atoms with Crippen molar-refractivity contribution >= 4 is 15.9 Å². The molecule has 2 aromatic rings. The van der Waals surface area contributed by atoms with Gasteiger partial charge in [-0.05, 0) is 24.3 Å². The molecule has 0 radical (unpaired) electrons. The van der Waals surface area contributed by atoms with E-state index in [9.17, 15) is 0 Å². The summed E-state index contributed by atoms with van der Waals surface area (Å²) in [5.74, 6) is 0.666. The Bertz CT molecular complexity index is 549. The number of rotatable bonds is 3. The second-order valence-corrected chi connectivity index (χ2v) is 4.35. The number of halogens is 1. The third-order valence-corrected chi connectivity index (χ3v) is 2.59. The third-order valence-electron chi connectivity index (χ3n) is 2.13. The number of ether oxygens (including phenoxy) is 1. The summed E-state index contributed by atoms with van der Waals surface area (Å²) in [4.78, 5) is 4.01. The summed E-state index contributed by atoms with van der Waals surface area (Å²) in [5.41, 5.74) is 1.56. The van der Waals surface area contributed by atoms with Gasteiger partial charge in [-0.1, -0.05) is 22.0 Å². The maximum absolute atomic E-state index is 8.84. The molecule has 4 heteroatoms. The second kappa shape index (κ2) is 5.46. The molecule has 0 atom stereocenters. The number of nitrogens with zero attached hydrogens (tertiary/aromatic N) is 2. The van der Waals surface area contributed by atoms with Gasteiger partial charge in [0.25, 0.3) is 0 Å². The van der Waals surface area contributed by atoms with Gasteiger partial charge in [0, 0.05) is 22.4 Å². The number of aromatic nitrogens is 1. The average molecular weight is 289 g/mol. The Morgan fingerprint density at radius 1 is 1.35 bits per heavy atom. The lowest BCUT2D eigenvalue weighted by Crippen LogP contribution is -1.96. The first-order valence-electron chi connectivity index (χ1n) is 5.00. The first kappa shape index (κ1) is 11.6. The van der Waals surface area contributed by atoms with E-state index in [-0.39, 0.29) is 0 Å². The lowest BCUT2D eigenvalue weighted by atomic mass is 10.2. The molecule has 1 aromatic heterocycles. The molecule has 0 spiro atoms. The largest absolute Gasteiger partial charge is 0.489 e. The van der Waals surface area contributed by atoms with Gasteiger partial charge in [-0.25, -0.2) is 0 Å². The van der Waals surface area contributed by atoms with E-state index in [1.54, 1.807) is 24.5 Å². The summed E-state index contributed by atoms with van der Waals surface area (Å²) in [5, 5.41) is 8.84. The molecule has 0 fully saturated rings. The highest BCUT2D eigenvalue weighted by Gasteiger charge is 2.00. The summed E-state index contributed by atoms with van der Waals surface area (Å²) >= 11 is 3.34. The van der Waals surface area contributed by atoms with Crippen molar-refractivity contribution in [3.8, 4) is 11.8 Å². The molecule has 0 bridgehead atoms. The molecule has 0 unspecified atom stereocenters. The molecule has 0 saturated heterocycles. The first-order valence-corrected chi connectivity index (χ1v) is 5.79. The number of hydrogen-bond acceptors (Lipinski definition) is 3. The molecule has 0 aliphatic rings. The molecule has 0 aliphatic heterocycles. The quantitative estimate of drug-likeness (QED) is 0.871. The van der Waals surface area contributed by atoms with Gasteiger partial charge in [-0.2, -0.15) is 5.26 Å². The standard InChI is InChI=1S/C13H9BrN2O/c14-12-4-11(7-15)5-13(6-12)17-9-10-2-1-3-16-8-10/h1-6,8H,9H2. The van der Waals surface area contributed by atoms with E-state index < -0.39 is 0 Å². The van der Waals surface area contributed by atoms with Crippen LogP contribution in [0.3, 0.4) is 0 Å². The van der Waals surface area contributed by atoms with Gasteiger partial charge in [-0.3, -0.25) is 4.98 Å². The zero-order chi connectivity index (χ0) is 12.1. The van der Waals surface area contributed by atoms with E-state index in [2.05, 4.69) is 27.0 Å². The van der Waals surface area contributed by atoms with Crippen molar-refractivity contribution in [1.29, 1.82) is 5.26 Å². The van der Waals surface area contributed by atoms with Crippen molar-refractivity contribution in [1.82, 2.24) is 4.98 Å². The summed E-state index contributed by atoms with van der Waals surface area (Å²) in [6.07, 6.45) is 3.47. The highest BCUT2D eigenvalue weighted by molar-refractivity contribution is 9.10. The molecule has 1 aromatic carbocycles. The van der Waals surface area contributed by atoms with Crippen molar-refractivity contribution < 1.29 is 4.74 Å². The maximum atomic E-state index is 8.84. The molecule has 0 N–H and O–H groups in total. The number of nitriles is 1. The fourth-order valence-corrected chi connectivity index (χ4v) is 1.83. The van der Waals surface area contributed by atoms with Gasteiger partial charge >= 0.3 is 0 Å². The van der Waals surface area contributed by atoms with Crippen molar-refractivity contribution in [3.63, 3.8) is 0 Å². The summed E-state index contributed by atoms with van der Waals surface area (Å²) in [7, 11) is 0. The number of pyridine rings is 1. The SMILES string of the molecule is N#Cc1cc(Br)cc(OCc2cccnc2)c1. The van der Waals surface area contributed by atoms with Crippen molar-refractivity contribution in [2.45, 2.75) is 6.61 Å². The zero-order valence-corrected chi connectivity index (χ0v) is 10.5. The fourth-order valence-electron chi connectivity index (χ4n) is 1.36. The first-order chi connectivity index (χ1) is 8.28. The van der Waals surface area contributed by atoms with Crippen LogP contribution in [-0.4, -0.2) is 4.98 Å². The second-order valence-electron chi connectivity index (χ2n) is 3.44. The number of benzene rings is 1. The molecule has 3 nitrogen and oxygen atoms in total. The smallest absolute Gasteiger partial charge is 0.122 e. The van der Waals surface area contributed by atoms with Crippen molar-refractivity contribution in [2.24, 2.45) is 0 Å². The van der Waals surface area contributed by atoms with E-state index in [4.69, 9.17) is 10.00 Å². The lowest BCUT2D eigenvalue weighted by Gasteiger charge is -2.06. The van der Waals surface area contributed by atoms with Crippen LogP contribution in [0.2, 0.25) is 0 Å². The highest BCUT2D eigenvalue weighted by Crippen LogP contribution is 2.21. The van der Waals surface area contributed by atoms with Crippen LogP contribution in [0.25, 0.3) is 0 Å². The minimum Gasteiger partial charge on any atom is -0.489 e. The Labute approximate surface area is 108 Å². The number of hydrogen-bond donors (Lipinski definition) is 0. The van der Waals surface area contributed by atoms with Crippen LogP contribution >= 0.6 is 15.9 Å². The molecule has 17 heavy (non-hydrogen) atoms.